The van der Waals surface area contributed by atoms with E-state index in [1.54, 1.807) is 0 Å². The van der Waals surface area contributed by atoms with E-state index in [1.165, 1.54) is 22.3 Å². The van der Waals surface area contributed by atoms with E-state index < -0.39 is 5.41 Å². The lowest BCUT2D eigenvalue weighted by molar-refractivity contribution is 0.769. The Balaban J connectivity index is 0.606. The standard InChI is InChI=1S/C139H92N6/c1-9-37-93(38-10-1)115-79-116(94-39-11-2-12-40-94)84-123(83-115)103-55-31-63-111(75-103)135-140-133(141-136(144-135)112-64-32-56-104(76-112)124-85-117(95-41-13-3-14-42-95)80-118(86-124)96-43-15-4-16-44-96)109-61-29-53-101(73-109)107-59-35-67-127(91-107)139(131-71-27-25-69-129(131)130-70-26-28-72-132(130)139)128-68-36-60-108(92-128)102-54-30-62-110(74-102)134-142-137(113-65-33-57-105(77-113)125-87-119(97-45-17-5-18-46-97)81-120(88-125)98-47-19-6-20-48-98)145-138(143-134)114-66-34-58-106(78-114)126-89-121(99-49-21-7-22-50-99)82-122(90-126)100-51-23-8-24-52-100/h1-92H. The number of benzene rings is 22. The molecule has 0 amide bonds. The Bertz CT molecular complexity index is 7830. The van der Waals surface area contributed by atoms with Gasteiger partial charge in [-0.3, -0.25) is 0 Å². The molecule has 0 radical (unpaired) electrons. The fourth-order valence-corrected chi connectivity index (χ4v) is 21.0. The van der Waals surface area contributed by atoms with Gasteiger partial charge in [0.05, 0.1) is 5.41 Å². The van der Waals surface area contributed by atoms with E-state index in [1.807, 2.05) is 0 Å². The molecule has 0 aliphatic heterocycles. The highest BCUT2D eigenvalue weighted by molar-refractivity contribution is 5.92. The highest BCUT2D eigenvalue weighted by Gasteiger charge is 2.46. The van der Waals surface area contributed by atoms with Crippen molar-refractivity contribution in [1.82, 2.24) is 29.9 Å². The molecule has 1 aliphatic carbocycles. The van der Waals surface area contributed by atoms with Crippen LogP contribution in [0.15, 0.2) is 558 Å². The molecule has 0 bridgehead atoms. The van der Waals surface area contributed by atoms with Crippen LogP contribution in [0.3, 0.4) is 0 Å². The van der Waals surface area contributed by atoms with Crippen LogP contribution in [0.25, 0.3) is 235 Å². The molecule has 0 unspecified atom stereocenters. The van der Waals surface area contributed by atoms with Gasteiger partial charge in [0.15, 0.2) is 34.9 Å². The lowest BCUT2D eigenvalue weighted by Crippen LogP contribution is -2.28. The SMILES string of the molecule is c1ccc(-c2cc(-c3ccccc3)cc(-c3cccc(-c4nc(-c5cccc(-c6cc(-c7ccccc7)cc(-c7ccccc7)c6)c5)nc(-c5cccc(-c6cccc(C7(c8cccc(-c9cccc(-c%10nc(-c%11cccc(-c%12cc(-c%13ccccc%13)cc(-c%13ccccc%13)c%12)c%11)nc(-c%11cccc(-c%12cc(-c%13ccccc%13)cc(-c%13ccccc%13)c%12)c%11)n%10)c9)c8)c8ccccc8-c8ccccc87)c6)c5)n4)c3)c2)cc1. The first-order valence-electron chi connectivity index (χ1n) is 49.4. The third kappa shape index (κ3) is 17.6. The zero-order valence-corrected chi connectivity index (χ0v) is 79.3. The molecule has 24 aromatic rings. The Kier molecular flexibility index (Phi) is 23.2. The van der Waals surface area contributed by atoms with Gasteiger partial charge in [-0.15, -0.1) is 0 Å². The Morgan fingerprint density at radius 2 is 0.228 bits per heavy atom. The van der Waals surface area contributed by atoms with Crippen LogP contribution in [0, 0.1) is 0 Å². The monoisotopic (exact) mass is 1840 g/mol. The molecule has 2 heterocycles. The number of aromatic nitrogens is 6. The average Bonchev–Trinajstić information content (AvgIpc) is 1.54. The summed E-state index contributed by atoms with van der Waals surface area (Å²) < 4.78 is 0. The molecule has 2 aromatic heterocycles. The van der Waals surface area contributed by atoms with Gasteiger partial charge in [-0.25, -0.2) is 29.9 Å². The summed E-state index contributed by atoms with van der Waals surface area (Å²) in [5.41, 5.74) is 42.1. The van der Waals surface area contributed by atoms with Crippen molar-refractivity contribution in [1.29, 1.82) is 0 Å². The quantitative estimate of drug-likeness (QED) is 0.0673. The molecule has 0 saturated heterocycles. The molecule has 6 heteroatoms. The summed E-state index contributed by atoms with van der Waals surface area (Å²) in [5, 5.41) is 0. The number of fused-ring (bicyclic) bond motifs is 3. The molecule has 0 spiro atoms. The largest absolute Gasteiger partial charge is 0.208 e. The fraction of sp³-hybridized carbons (Fsp3) is 0.00719. The van der Waals surface area contributed by atoms with Crippen molar-refractivity contribution >= 4 is 0 Å². The lowest BCUT2D eigenvalue weighted by atomic mass is 9.67. The maximum atomic E-state index is 5.57. The van der Waals surface area contributed by atoms with Gasteiger partial charge in [0, 0.05) is 33.4 Å². The summed E-state index contributed by atoms with van der Waals surface area (Å²) in [4.78, 5) is 33.4. The Morgan fingerprint density at radius 3 is 0.421 bits per heavy atom. The molecule has 678 valence electrons. The van der Waals surface area contributed by atoms with Gasteiger partial charge in [0.1, 0.15) is 0 Å². The normalized spacial score (nSPS) is 11.8. The first-order valence-corrected chi connectivity index (χ1v) is 49.4. The van der Waals surface area contributed by atoms with E-state index in [0.29, 0.717) is 34.9 Å². The second-order valence-corrected chi connectivity index (χ2v) is 37.2. The Hall–Kier alpha value is -19.1. The zero-order valence-electron chi connectivity index (χ0n) is 79.3. The second-order valence-electron chi connectivity index (χ2n) is 37.2. The van der Waals surface area contributed by atoms with Crippen molar-refractivity contribution in [3.8, 4) is 235 Å². The van der Waals surface area contributed by atoms with Crippen LogP contribution < -0.4 is 0 Å². The summed E-state index contributed by atoms with van der Waals surface area (Å²) in [6, 6.07) is 201. The van der Waals surface area contributed by atoms with Crippen LogP contribution in [0.4, 0.5) is 0 Å². The molecule has 0 fully saturated rings. The van der Waals surface area contributed by atoms with E-state index in [9.17, 15) is 0 Å². The van der Waals surface area contributed by atoms with Gasteiger partial charge in [-0.05, 0) is 310 Å². The minimum absolute atomic E-state index is 0.546. The summed E-state index contributed by atoms with van der Waals surface area (Å²) in [5.74, 6) is 3.31. The topological polar surface area (TPSA) is 77.3 Å². The van der Waals surface area contributed by atoms with Crippen LogP contribution >= 0.6 is 0 Å². The molecular weight excluding hydrogens is 1750 g/mol. The number of rotatable bonds is 22. The van der Waals surface area contributed by atoms with Gasteiger partial charge in [0.25, 0.3) is 0 Å². The number of hydrogen-bond donors (Lipinski definition) is 0. The summed E-state index contributed by atoms with van der Waals surface area (Å²) >= 11 is 0. The predicted molar refractivity (Wildman–Crippen MR) is 599 cm³/mol. The number of hydrogen-bond acceptors (Lipinski definition) is 6. The minimum Gasteiger partial charge on any atom is -0.208 e. The van der Waals surface area contributed by atoms with Crippen LogP contribution in [-0.2, 0) is 5.41 Å². The maximum absolute atomic E-state index is 5.57. The molecular formula is C139H92N6. The number of nitrogens with zero attached hydrogens (tertiary/aromatic N) is 6. The van der Waals surface area contributed by atoms with Gasteiger partial charge in [-0.2, -0.15) is 0 Å². The van der Waals surface area contributed by atoms with Crippen molar-refractivity contribution in [2.75, 3.05) is 0 Å². The molecule has 6 nitrogen and oxygen atoms in total. The van der Waals surface area contributed by atoms with Crippen molar-refractivity contribution in [3.05, 3.63) is 580 Å². The van der Waals surface area contributed by atoms with Crippen LogP contribution in [0.5, 0.6) is 0 Å². The molecule has 25 rings (SSSR count). The van der Waals surface area contributed by atoms with E-state index >= 15 is 0 Å². The van der Waals surface area contributed by atoms with E-state index in [0.717, 1.165) is 200 Å². The zero-order chi connectivity index (χ0) is 96.4. The highest BCUT2D eigenvalue weighted by Crippen LogP contribution is 2.57. The van der Waals surface area contributed by atoms with Crippen molar-refractivity contribution < 1.29 is 0 Å². The van der Waals surface area contributed by atoms with E-state index in [4.69, 9.17) is 29.9 Å². The Morgan fingerprint density at radius 1 is 0.0966 bits per heavy atom. The summed E-state index contributed by atoms with van der Waals surface area (Å²) in [6.07, 6.45) is 0. The first kappa shape index (κ1) is 87.4. The maximum Gasteiger partial charge on any atom is 0.164 e. The summed E-state index contributed by atoms with van der Waals surface area (Å²) in [7, 11) is 0. The van der Waals surface area contributed by atoms with Crippen molar-refractivity contribution in [2.45, 2.75) is 5.41 Å². The lowest BCUT2D eigenvalue weighted by Gasteiger charge is -2.34. The molecule has 145 heavy (non-hydrogen) atoms. The van der Waals surface area contributed by atoms with Gasteiger partial charge in [0.2, 0.25) is 0 Å². The minimum atomic E-state index is -0.799. The van der Waals surface area contributed by atoms with Crippen LogP contribution in [0.2, 0.25) is 0 Å². The molecule has 1 aliphatic rings. The molecule has 0 N–H and O–H groups in total. The Labute approximate surface area is 844 Å². The van der Waals surface area contributed by atoms with Crippen molar-refractivity contribution in [3.63, 3.8) is 0 Å². The molecule has 0 saturated carbocycles. The third-order valence-electron chi connectivity index (χ3n) is 28.1. The van der Waals surface area contributed by atoms with Crippen molar-refractivity contribution in [2.24, 2.45) is 0 Å². The predicted octanol–water partition coefficient (Wildman–Crippen LogP) is 35.8. The average molecular weight is 1850 g/mol. The smallest absolute Gasteiger partial charge is 0.164 e. The van der Waals surface area contributed by atoms with Gasteiger partial charge >= 0.3 is 0 Å². The first-order chi connectivity index (χ1) is 71.7. The fourth-order valence-electron chi connectivity index (χ4n) is 21.0. The molecule has 0 atom stereocenters. The highest BCUT2D eigenvalue weighted by atomic mass is 15.0. The van der Waals surface area contributed by atoms with Gasteiger partial charge in [-0.1, -0.05) is 437 Å². The van der Waals surface area contributed by atoms with Gasteiger partial charge < -0.3 is 0 Å². The third-order valence-corrected chi connectivity index (χ3v) is 28.1. The molecule has 22 aromatic carbocycles. The van der Waals surface area contributed by atoms with Crippen LogP contribution in [0.1, 0.15) is 22.3 Å². The van der Waals surface area contributed by atoms with E-state index in [-0.39, 0.29) is 0 Å². The second kappa shape index (κ2) is 38.6. The van der Waals surface area contributed by atoms with E-state index in [2.05, 4.69) is 558 Å². The van der Waals surface area contributed by atoms with Crippen LogP contribution in [-0.4, -0.2) is 29.9 Å². The summed E-state index contributed by atoms with van der Waals surface area (Å²) in [6.45, 7) is 0.